The minimum absolute atomic E-state index is 0.609. The van der Waals surface area contributed by atoms with E-state index in [0.29, 0.717) is 24.8 Å². The molecule has 0 fully saturated rings. The molecule has 0 aliphatic rings. The highest BCUT2D eigenvalue weighted by atomic mass is 35.5. The summed E-state index contributed by atoms with van der Waals surface area (Å²) < 4.78 is 10.3. The van der Waals surface area contributed by atoms with Gasteiger partial charge in [0, 0.05) is 25.2 Å². The number of halogens is 1. The monoisotopic (exact) mass is 280 g/mol. The van der Waals surface area contributed by atoms with E-state index in [1.54, 1.807) is 13.3 Å². The number of benzene rings is 1. The van der Waals surface area contributed by atoms with Gasteiger partial charge in [0.2, 0.25) is 0 Å². The van der Waals surface area contributed by atoms with Crippen molar-refractivity contribution in [3.8, 4) is 0 Å². The van der Waals surface area contributed by atoms with Crippen LogP contribution < -0.4 is 5.32 Å². The van der Waals surface area contributed by atoms with Crippen LogP contribution in [0.3, 0.4) is 0 Å². The van der Waals surface area contributed by atoms with Crippen molar-refractivity contribution in [3.63, 3.8) is 0 Å². The molecule has 0 amide bonds. The van der Waals surface area contributed by atoms with Gasteiger partial charge in [-0.15, -0.1) is 0 Å². The fourth-order valence-electron chi connectivity index (χ4n) is 1.78. The number of hydrogen-bond acceptors (Lipinski definition) is 4. The molecule has 0 unspecified atom stereocenters. The molecule has 2 rings (SSSR count). The third-order valence-electron chi connectivity index (χ3n) is 2.71. The molecule has 0 saturated carbocycles. The van der Waals surface area contributed by atoms with Crippen molar-refractivity contribution in [1.82, 2.24) is 4.98 Å². The Labute approximate surface area is 117 Å². The maximum absolute atomic E-state index is 6.14. The summed E-state index contributed by atoms with van der Waals surface area (Å²) in [4.78, 5) is 4.36. The zero-order valence-electron chi connectivity index (χ0n) is 10.9. The molecule has 1 N–H and O–H groups in total. The van der Waals surface area contributed by atoms with E-state index in [2.05, 4.69) is 10.3 Å². The van der Waals surface area contributed by atoms with Gasteiger partial charge in [0.25, 0.3) is 0 Å². The zero-order chi connectivity index (χ0) is 13.5. The smallest absolute Gasteiger partial charge is 0.0948 e. The van der Waals surface area contributed by atoms with Gasteiger partial charge in [-0.1, -0.05) is 11.6 Å². The summed E-state index contributed by atoms with van der Waals surface area (Å²) in [6.45, 7) is 2.57. The molecule has 4 nitrogen and oxygen atoms in total. The summed E-state index contributed by atoms with van der Waals surface area (Å²) in [5.74, 6) is 0. The molecule has 0 saturated heterocycles. The van der Waals surface area contributed by atoms with Gasteiger partial charge in [-0.2, -0.15) is 0 Å². The molecule has 0 spiro atoms. The lowest BCUT2D eigenvalue weighted by Gasteiger charge is -2.10. The van der Waals surface area contributed by atoms with Crippen LogP contribution in [0.4, 0.5) is 5.69 Å². The fourth-order valence-corrected chi connectivity index (χ4v) is 2.00. The van der Waals surface area contributed by atoms with Crippen LogP contribution in [0.5, 0.6) is 0 Å². The highest BCUT2D eigenvalue weighted by molar-refractivity contribution is 6.35. The van der Waals surface area contributed by atoms with Crippen molar-refractivity contribution in [3.05, 3.63) is 35.5 Å². The van der Waals surface area contributed by atoms with Crippen molar-refractivity contribution < 1.29 is 9.47 Å². The normalized spacial score (nSPS) is 10.8. The molecule has 1 heterocycles. The second kappa shape index (κ2) is 7.28. The van der Waals surface area contributed by atoms with Crippen LogP contribution in [0.1, 0.15) is 0 Å². The Morgan fingerprint density at radius 2 is 2.11 bits per heavy atom. The van der Waals surface area contributed by atoms with Gasteiger partial charge in [0.1, 0.15) is 0 Å². The van der Waals surface area contributed by atoms with E-state index in [0.717, 1.165) is 23.1 Å². The Bertz CT molecular complexity index is 534. The average Bonchev–Trinajstić information content (AvgIpc) is 2.45. The summed E-state index contributed by atoms with van der Waals surface area (Å²) in [5, 5.41) is 4.97. The van der Waals surface area contributed by atoms with Gasteiger partial charge >= 0.3 is 0 Å². The van der Waals surface area contributed by atoms with Crippen LogP contribution in [0.2, 0.25) is 5.02 Å². The molecular weight excluding hydrogens is 264 g/mol. The van der Waals surface area contributed by atoms with Gasteiger partial charge in [-0.3, -0.25) is 4.98 Å². The first-order valence-corrected chi connectivity index (χ1v) is 6.54. The average molecular weight is 281 g/mol. The predicted octanol–water partition coefficient (Wildman–Crippen LogP) is 2.96. The SMILES string of the molecule is COCCOCCNc1ccc(Cl)c2cccnc12. The molecule has 102 valence electrons. The van der Waals surface area contributed by atoms with Crippen LogP contribution in [-0.2, 0) is 9.47 Å². The van der Waals surface area contributed by atoms with E-state index in [4.69, 9.17) is 21.1 Å². The highest BCUT2D eigenvalue weighted by Gasteiger charge is 2.04. The topological polar surface area (TPSA) is 43.4 Å². The number of aromatic nitrogens is 1. The molecule has 19 heavy (non-hydrogen) atoms. The lowest BCUT2D eigenvalue weighted by atomic mass is 10.2. The van der Waals surface area contributed by atoms with Crippen LogP contribution in [0.15, 0.2) is 30.5 Å². The first-order chi connectivity index (χ1) is 9.33. The molecule has 5 heteroatoms. The number of methoxy groups -OCH3 is 1. The second-order valence-corrected chi connectivity index (χ2v) is 4.43. The van der Waals surface area contributed by atoms with Gasteiger partial charge < -0.3 is 14.8 Å². The van der Waals surface area contributed by atoms with Crippen molar-refractivity contribution >= 4 is 28.2 Å². The first-order valence-electron chi connectivity index (χ1n) is 6.16. The maximum Gasteiger partial charge on any atom is 0.0948 e. The van der Waals surface area contributed by atoms with Crippen LogP contribution in [-0.4, -0.2) is 38.5 Å². The Hall–Kier alpha value is -1.36. The van der Waals surface area contributed by atoms with Gasteiger partial charge in [-0.05, 0) is 24.3 Å². The molecule has 0 bridgehead atoms. The summed E-state index contributed by atoms with van der Waals surface area (Å²) in [7, 11) is 1.66. The third kappa shape index (κ3) is 3.80. The fraction of sp³-hybridized carbons (Fsp3) is 0.357. The third-order valence-corrected chi connectivity index (χ3v) is 3.04. The number of anilines is 1. The molecule has 1 aromatic heterocycles. The molecule has 0 radical (unpaired) electrons. The summed E-state index contributed by atoms with van der Waals surface area (Å²) in [6, 6.07) is 7.66. The zero-order valence-corrected chi connectivity index (χ0v) is 11.6. The minimum Gasteiger partial charge on any atom is -0.382 e. The van der Waals surface area contributed by atoms with Crippen molar-refractivity contribution in [1.29, 1.82) is 0 Å². The molecule has 0 aliphatic carbocycles. The lowest BCUT2D eigenvalue weighted by Crippen LogP contribution is -2.12. The number of rotatable bonds is 7. The van der Waals surface area contributed by atoms with E-state index in [-0.39, 0.29) is 0 Å². The minimum atomic E-state index is 0.609. The van der Waals surface area contributed by atoms with Crippen LogP contribution in [0, 0.1) is 0 Å². The molecular formula is C14H17ClN2O2. The summed E-state index contributed by atoms with van der Waals surface area (Å²) in [5.41, 5.74) is 1.85. The highest BCUT2D eigenvalue weighted by Crippen LogP contribution is 2.27. The quantitative estimate of drug-likeness (QED) is 0.792. The van der Waals surface area contributed by atoms with Crippen LogP contribution >= 0.6 is 11.6 Å². The Morgan fingerprint density at radius 3 is 2.95 bits per heavy atom. The van der Waals surface area contributed by atoms with E-state index in [1.807, 2.05) is 24.3 Å². The first kappa shape index (κ1) is 14.1. The standard InChI is InChI=1S/C14H17ClN2O2/c1-18-9-10-19-8-7-16-13-5-4-12(15)11-3-2-6-17-14(11)13/h2-6,16H,7-10H2,1H3. The molecule has 2 aromatic rings. The Balaban J connectivity index is 1.96. The lowest BCUT2D eigenvalue weighted by molar-refractivity contribution is 0.0759. The summed E-state index contributed by atoms with van der Waals surface area (Å²) in [6.07, 6.45) is 1.76. The van der Waals surface area contributed by atoms with Gasteiger partial charge in [-0.25, -0.2) is 0 Å². The summed E-state index contributed by atoms with van der Waals surface area (Å²) >= 11 is 6.14. The number of pyridine rings is 1. The van der Waals surface area contributed by atoms with Crippen molar-refractivity contribution in [2.24, 2.45) is 0 Å². The largest absolute Gasteiger partial charge is 0.382 e. The Kier molecular flexibility index (Phi) is 5.39. The second-order valence-electron chi connectivity index (χ2n) is 4.03. The number of fused-ring (bicyclic) bond motifs is 1. The van der Waals surface area contributed by atoms with Crippen molar-refractivity contribution in [2.45, 2.75) is 0 Å². The number of hydrogen-bond donors (Lipinski definition) is 1. The van der Waals surface area contributed by atoms with Crippen LogP contribution in [0.25, 0.3) is 10.9 Å². The predicted molar refractivity (Wildman–Crippen MR) is 77.9 cm³/mol. The molecule has 1 aromatic carbocycles. The number of nitrogens with one attached hydrogen (secondary N) is 1. The number of ether oxygens (including phenoxy) is 2. The van der Waals surface area contributed by atoms with Gasteiger partial charge in [0.05, 0.1) is 36.0 Å². The van der Waals surface area contributed by atoms with E-state index < -0.39 is 0 Å². The maximum atomic E-state index is 6.14. The van der Waals surface area contributed by atoms with Gasteiger partial charge in [0.15, 0.2) is 0 Å². The van der Waals surface area contributed by atoms with Crippen molar-refractivity contribution in [2.75, 3.05) is 38.8 Å². The Morgan fingerprint density at radius 1 is 1.21 bits per heavy atom. The van der Waals surface area contributed by atoms with E-state index in [9.17, 15) is 0 Å². The van der Waals surface area contributed by atoms with E-state index >= 15 is 0 Å². The molecule has 0 atom stereocenters. The van der Waals surface area contributed by atoms with E-state index in [1.165, 1.54) is 0 Å². The molecule has 0 aliphatic heterocycles. The number of nitrogens with zero attached hydrogens (tertiary/aromatic N) is 1.